The minimum absolute atomic E-state index is 0.264. The van der Waals surface area contributed by atoms with Crippen LogP contribution in [0, 0.1) is 0 Å². The van der Waals surface area contributed by atoms with Gasteiger partial charge in [0.15, 0.2) is 5.75 Å². The first-order chi connectivity index (χ1) is 12.5. The van der Waals surface area contributed by atoms with E-state index in [0.29, 0.717) is 28.3 Å². The number of carbonyl (C=O) groups is 2. The Morgan fingerprint density at radius 2 is 1.96 bits per heavy atom. The monoisotopic (exact) mass is 434 g/mol. The van der Waals surface area contributed by atoms with E-state index >= 15 is 0 Å². The maximum Gasteiger partial charge on any atom is 0.341 e. The normalized spacial score (nSPS) is 10.6. The lowest BCUT2D eigenvalue weighted by Gasteiger charge is -2.09. The molecule has 0 fully saturated rings. The van der Waals surface area contributed by atoms with Gasteiger partial charge in [-0.25, -0.2) is 4.79 Å². The Balaban J connectivity index is 2.08. The van der Waals surface area contributed by atoms with Crippen molar-refractivity contribution in [1.29, 1.82) is 0 Å². The van der Waals surface area contributed by atoms with Crippen LogP contribution in [0.5, 0.6) is 5.75 Å². The Morgan fingerprint density at radius 3 is 2.62 bits per heavy atom. The van der Waals surface area contributed by atoms with Gasteiger partial charge >= 0.3 is 5.97 Å². The molecule has 1 N–H and O–H groups in total. The summed E-state index contributed by atoms with van der Waals surface area (Å²) >= 11 is 4.77. The van der Waals surface area contributed by atoms with Gasteiger partial charge in [-0.3, -0.25) is 9.78 Å². The van der Waals surface area contributed by atoms with Gasteiger partial charge in [0.25, 0.3) is 0 Å². The molecule has 3 rings (SSSR count). The molecule has 0 saturated carbocycles. The van der Waals surface area contributed by atoms with E-state index in [9.17, 15) is 9.59 Å². The third-order valence-corrected chi connectivity index (χ3v) is 5.32. The van der Waals surface area contributed by atoms with Crippen molar-refractivity contribution in [3.8, 4) is 5.75 Å². The maximum absolute atomic E-state index is 12.2. The summed E-state index contributed by atoms with van der Waals surface area (Å²) in [5.41, 5.74) is 1.29. The number of esters is 1. The van der Waals surface area contributed by atoms with Gasteiger partial charge in [0, 0.05) is 24.7 Å². The molecular weight excluding hydrogens is 420 g/mol. The van der Waals surface area contributed by atoms with E-state index < -0.39 is 5.97 Å². The zero-order chi connectivity index (χ0) is 18.7. The predicted molar refractivity (Wildman–Crippen MR) is 104 cm³/mol. The number of thiophene rings is 1. The highest BCUT2D eigenvalue weighted by molar-refractivity contribution is 9.10. The lowest BCUT2D eigenvalue weighted by molar-refractivity contribution is -0.114. The van der Waals surface area contributed by atoms with Crippen LogP contribution in [0.1, 0.15) is 22.8 Å². The van der Waals surface area contributed by atoms with Crippen LogP contribution < -0.4 is 10.1 Å². The fourth-order valence-corrected chi connectivity index (χ4v) is 4.25. The van der Waals surface area contributed by atoms with Crippen molar-refractivity contribution >= 4 is 54.2 Å². The molecule has 0 saturated heterocycles. The van der Waals surface area contributed by atoms with Gasteiger partial charge in [0.05, 0.1) is 16.3 Å². The van der Waals surface area contributed by atoms with Crippen LogP contribution in [0.3, 0.4) is 0 Å². The van der Waals surface area contributed by atoms with Crippen LogP contribution >= 0.6 is 27.3 Å². The van der Waals surface area contributed by atoms with Crippen molar-refractivity contribution in [3.05, 3.63) is 52.3 Å². The number of carbonyl (C=O) groups excluding carboxylic acids is 2. The van der Waals surface area contributed by atoms with Gasteiger partial charge in [-0.05, 0) is 39.7 Å². The van der Waals surface area contributed by atoms with Gasteiger partial charge in [0.1, 0.15) is 17.2 Å². The SMILES string of the molecule is COC(=O)c1c(NC(C)=O)sc2c(OCc3ccncc3)c(Br)ccc12. The molecular formula is C18H15BrN2O4S. The van der Waals surface area contributed by atoms with Gasteiger partial charge < -0.3 is 14.8 Å². The summed E-state index contributed by atoms with van der Waals surface area (Å²) in [5.74, 6) is -0.173. The molecule has 0 aliphatic heterocycles. The number of pyridine rings is 1. The molecule has 1 aromatic carbocycles. The molecule has 8 heteroatoms. The molecule has 0 radical (unpaired) electrons. The summed E-state index contributed by atoms with van der Waals surface area (Å²) in [6.45, 7) is 1.74. The molecule has 0 aliphatic carbocycles. The van der Waals surface area contributed by atoms with Crippen molar-refractivity contribution in [2.45, 2.75) is 13.5 Å². The molecule has 2 aromatic heterocycles. The number of nitrogens with one attached hydrogen (secondary N) is 1. The van der Waals surface area contributed by atoms with Crippen molar-refractivity contribution < 1.29 is 19.1 Å². The standard InChI is InChI=1S/C18H15BrN2O4S/c1-10(22)21-17-14(18(23)24-2)12-3-4-13(19)15(16(12)26-17)25-9-11-5-7-20-8-6-11/h3-8H,9H2,1-2H3,(H,21,22). The van der Waals surface area contributed by atoms with Crippen LogP contribution in [-0.4, -0.2) is 24.0 Å². The average molecular weight is 435 g/mol. The Bertz CT molecular complexity index is 972. The molecule has 6 nitrogen and oxygen atoms in total. The molecule has 2 heterocycles. The molecule has 0 bridgehead atoms. The van der Waals surface area contributed by atoms with Crippen LogP contribution in [0.4, 0.5) is 5.00 Å². The lowest BCUT2D eigenvalue weighted by Crippen LogP contribution is -2.09. The number of fused-ring (bicyclic) bond motifs is 1. The van der Waals surface area contributed by atoms with E-state index in [2.05, 4.69) is 26.2 Å². The largest absolute Gasteiger partial charge is 0.486 e. The number of halogens is 1. The van der Waals surface area contributed by atoms with Crippen LogP contribution in [-0.2, 0) is 16.1 Å². The van der Waals surface area contributed by atoms with E-state index in [1.165, 1.54) is 25.4 Å². The zero-order valence-electron chi connectivity index (χ0n) is 14.0. The molecule has 3 aromatic rings. The summed E-state index contributed by atoms with van der Waals surface area (Å²) in [7, 11) is 1.31. The fraction of sp³-hybridized carbons (Fsp3) is 0.167. The number of anilines is 1. The highest BCUT2D eigenvalue weighted by Gasteiger charge is 2.23. The Morgan fingerprint density at radius 1 is 1.23 bits per heavy atom. The average Bonchev–Trinajstić information content (AvgIpc) is 2.98. The minimum atomic E-state index is -0.512. The number of nitrogens with zero attached hydrogens (tertiary/aromatic N) is 1. The topological polar surface area (TPSA) is 77.5 Å². The molecule has 26 heavy (non-hydrogen) atoms. The number of amides is 1. The highest BCUT2D eigenvalue weighted by Crippen LogP contribution is 2.44. The molecule has 0 spiro atoms. The van der Waals surface area contributed by atoms with E-state index in [4.69, 9.17) is 9.47 Å². The van der Waals surface area contributed by atoms with Crippen molar-refractivity contribution in [2.24, 2.45) is 0 Å². The molecule has 0 unspecified atom stereocenters. The number of benzene rings is 1. The quantitative estimate of drug-likeness (QED) is 0.602. The lowest BCUT2D eigenvalue weighted by atomic mass is 10.1. The van der Waals surface area contributed by atoms with Gasteiger partial charge in [0.2, 0.25) is 5.91 Å². The summed E-state index contributed by atoms with van der Waals surface area (Å²) in [4.78, 5) is 27.7. The van der Waals surface area contributed by atoms with Gasteiger partial charge in [-0.2, -0.15) is 0 Å². The predicted octanol–water partition coefficient (Wildman–Crippen LogP) is 4.38. The summed E-state index contributed by atoms with van der Waals surface area (Å²) in [6, 6.07) is 7.34. The Kier molecular flexibility index (Phi) is 5.53. The number of rotatable bonds is 5. The third kappa shape index (κ3) is 3.71. The first-order valence-corrected chi connectivity index (χ1v) is 9.24. The first-order valence-electron chi connectivity index (χ1n) is 7.64. The Labute approximate surface area is 162 Å². The van der Waals surface area contributed by atoms with Crippen LogP contribution in [0.15, 0.2) is 41.1 Å². The Hall–Kier alpha value is -2.45. The summed E-state index contributed by atoms with van der Waals surface area (Å²) in [5, 5.41) is 3.80. The summed E-state index contributed by atoms with van der Waals surface area (Å²) < 4.78 is 12.4. The molecule has 134 valence electrons. The van der Waals surface area contributed by atoms with Gasteiger partial charge in [-0.1, -0.05) is 6.07 Å². The van der Waals surface area contributed by atoms with Crippen molar-refractivity contribution in [2.75, 3.05) is 12.4 Å². The molecule has 0 atom stereocenters. The van der Waals surface area contributed by atoms with E-state index in [1.54, 1.807) is 24.5 Å². The third-order valence-electron chi connectivity index (χ3n) is 3.58. The van der Waals surface area contributed by atoms with Crippen LogP contribution in [0.25, 0.3) is 10.1 Å². The van der Waals surface area contributed by atoms with Crippen molar-refractivity contribution in [3.63, 3.8) is 0 Å². The molecule has 1 amide bonds. The number of hydrogen-bond acceptors (Lipinski definition) is 6. The van der Waals surface area contributed by atoms with Gasteiger partial charge in [-0.15, -0.1) is 11.3 Å². The second-order valence-corrected chi connectivity index (χ2v) is 7.25. The van der Waals surface area contributed by atoms with E-state index in [1.807, 2.05) is 12.1 Å². The van der Waals surface area contributed by atoms with E-state index in [-0.39, 0.29) is 5.91 Å². The first kappa shape index (κ1) is 18.3. The maximum atomic E-state index is 12.2. The zero-order valence-corrected chi connectivity index (χ0v) is 16.4. The second-order valence-electron chi connectivity index (χ2n) is 5.38. The number of ether oxygens (including phenoxy) is 2. The minimum Gasteiger partial charge on any atom is -0.486 e. The number of methoxy groups -OCH3 is 1. The fourth-order valence-electron chi connectivity index (χ4n) is 2.43. The highest BCUT2D eigenvalue weighted by atomic mass is 79.9. The number of hydrogen-bond donors (Lipinski definition) is 1. The summed E-state index contributed by atoms with van der Waals surface area (Å²) in [6.07, 6.45) is 3.40. The van der Waals surface area contributed by atoms with Crippen molar-refractivity contribution in [1.82, 2.24) is 4.98 Å². The molecule has 0 aliphatic rings. The van der Waals surface area contributed by atoms with Crippen LogP contribution in [0.2, 0.25) is 0 Å². The second kappa shape index (κ2) is 7.84. The van der Waals surface area contributed by atoms with E-state index in [0.717, 1.165) is 14.7 Å². The number of aromatic nitrogens is 1. The smallest absolute Gasteiger partial charge is 0.341 e.